The van der Waals surface area contributed by atoms with Crippen LogP contribution >= 0.6 is 15.9 Å². The molecule has 2 saturated heterocycles. The molecule has 0 spiro atoms. The van der Waals surface area contributed by atoms with Crippen molar-refractivity contribution in [2.45, 2.75) is 173 Å². The number of benzene rings is 6. The Morgan fingerprint density at radius 1 is 0.546 bits per heavy atom. The Morgan fingerprint density at radius 2 is 0.926 bits per heavy atom. The van der Waals surface area contributed by atoms with Gasteiger partial charge in [0.05, 0.1) is 4.47 Å². The molecule has 0 radical (unpaired) electrons. The third kappa shape index (κ3) is 23.4. The molecule has 1 aliphatic carbocycles. The summed E-state index contributed by atoms with van der Waals surface area (Å²) in [7, 11) is 6.87. The van der Waals surface area contributed by atoms with E-state index in [-0.39, 0.29) is 41.8 Å². The van der Waals surface area contributed by atoms with Crippen LogP contribution in [0.2, 0.25) is 0 Å². The summed E-state index contributed by atoms with van der Waals surface area (Å²) in [6.07, 6.45) is 8.88. The van der Waals surface area contributed by atoms with Crippen LogP contribution in [-0.4, -0.2) is 171 Å². The van der Waals surface area contributed by atoms with Crippen molar-refractivity contribution in [3.05, 3.63) is 183 Å². The van der Waals surface area contributed by atoms with Crippen molar-refractivity contribution < 1.29 is 95.2 Å². The quantitative estimate of drug-likeness (QED) is 0.0279. The number of likely N-dealkylation sites (tertiary alicyclic amines) is 2. The third-order valence-corrected chi connectivity index (χ3v) is 23.8. The molecule has 13 rings (SSSR count). The van der Waals surface area contributed by atoms with E-state index in [0.29, 0.717) is 70.3 Å². The van der Waals surface area contributed by atoms with E-state index in [0.717, 1.165) is 177 Å². The molecule has 2 atom stereocenters. The number of carbonyl (C=O) groups excluding carboxylic acids is 3. The number of piperidine rings is 2. The summed E-state index contributed by atoms with van der Waals surface area (Å²) < 4.78 is 68.2. The van der Waals surface area contributed by atoms with Crippen molar-refractivity contribution in [1.29, 1.82) is 0 Å². The number of fused-ring (bicyclic) bond motifs is 5. The van der Waals surface area contributed by atoms with Crippen LogP contribution in [0, 0.1) is 81.1 Å². The summed E-state index contributed by atoms with van der Waals surface area (Å²) in [4.78, 5) is 47.2. The molecule has 0 saturated carbocycles. The van der Waals surface area contributed by atoms with E-state index in [1.807, 2.05) is 66.9 Å². The van der Waals surface area contributed by atoms with Gasteiger partial charge in [0.1, 0.15) is 23.0 Å². The number of ketones is 2. The van der Waals surface area contributed by atoms with E-state index in [1.54, 1.807) is 32.1 Å². The third-order valence-electron chi connectivity index (χ3n) is 21.9. The summed E-state index contributed by atoms with van der Waals surface area (Å²) in [5.74, 6) is 3.08. The van der Waals surface area contributed by atoms with Crippen molar-refractivity contribution in [3.63, 3.8) is 0 Å². The van der Waals surface area contributed by atoms with Gasteiger partial charge in [-0.15, -0.1) is 6.58 Å². The van der Waals surface area contributed by atoms with Crippen LogP contribution in [0.4, 0.5) is 13.2 Å². The Labute approximate surface area is 671 Å². The predicted octanol–water partition coefficient (Wildman–Crippen LogP) is 12.0. The molecule has 17 nitrogen and oxygen atoms in total. The van der Waals surface area contributed by atoms with Gasteiger partial charge in [-0.3, -0.25) is 14.4 Å². The van der Waals surface area contributed by atoms with Gasteiger partial charge in [0, 0.05) is 109 Å². The topological polar surface area (TPSA) is 207 Å². The molecule has 3 N–H and O–H groups in total. The van der Waals surface area contributed by atoms with E-state index < -0.39 is 15.6 Å². The number of Topliss-reactive ketones (excluding diaryl/α,β-unsaturated/α-hetero) is 2. The standard InChI is InChI=1S/C20H22F3NO3S.C19H23NO.C12H16BrNO.C12H19NO.C12H17NO.C6H11NO.C3H6.CH2O3.Na/c1-12-5-7-15(8-6-12)18-13(2)17-11-24(4)10-9-16(17)14(3)19(18)27-28(25,26)20(21,22)23;1-12-5-7-15(8-6-12)18-13(2)17-11-20(4)10-9-16(17)14(3)19(18)21;1-7-10-6-14(3)5-4-9(10)8(2)12(15)11(7)13;2*1-8-6-12(14)9(2)10-4-5-13(3)7-11(8)10;1-7-4-2-6(8)3-5-7;1-3-2;2-1-4-3;/h5-8H,9-11H2,1-4H3;5-8,21H,9-11H2,1-4H3;15H,4-6H2,1-3H3;8,11H,4-7H2,1-3H3;6,14H,4-5,7H2,1-3H3;2-5H2,1H3;3H,1H2,2H3;1,3H;/q;;;;;;;;+1/p-1. The molecule has 0 bridgehead atoms. The zero-order valence-electron chi connectivity index (χ0n) is 67.6. The molecular weight excluding hydrogens is 1470 g/mol. The van der Waals surface area contributed by atoms with Gasteiger partial charge in [-0.05, 0) is 297 Å². The summed E-state index contributed by atoms with van der Waals surface area (Å²) in [6.45, 7) is 40.9. The minimum atomic E-state index is -5.78. The summed E-state index contributed by atoms with van der Waals surface area (Å²) in [5.41, 5.74) is 20.4. The first-order valence-corrected chi connectivity index (χ1v) is 39.0. The number of likely N-dealkylation sites (N-methyl/N-ethyl adjacent to an activating group) is 4. The SMILES string of the molecule is C=CC.CC1=C2CCN(C)CC2C(C)CC1=O.CN1CCC(=O)CC1.Cc1c(O)c(Br)c(C)c2c1CCN(C)C2.Cc1cc(O)c(C)c2c1CN(C)CC2.Cc1ccc(-c2c(C)c3c(c(C)c2O)CCN(C)C3)cc1.Cc1ccc(-c2c(C)c3c(c(C)c2OS(=O)(=O)C(F)(F)F)CCN(C)C3)cc1.O=CO[O-].[Na+]. The largest absolute Gasteiger partial charge is 1.00 e. The van der Waals surface area contributed by atoms with Crippen molar-refractivity contribution in [1.82, 2.24) is 29.4 Å². The van der Waals surface area contributed by atoms with Crippen LogP contribution in [0.1, 0.15) is 147 Å². The van der Waals surface area contributed by atoms with Crippen LogP contribution in [0.15, 0.2) is 82.9 Å². The normalized spacial score (nSPS) is 18.0. The van der Waals surface area contributed by atoms with Crippen molar-refractivity contribution in [2.24, 2.45) is 11.8 Å². The van der Waals surface area contributed by atoms with Crippen molar-refractivity contribution in [3.8, 4) is 45.3 Å². The molecule has 2 fully saturated rings. The number of hydrogen-bond acceptors (Lipinski definition) is 17. The number of aryl methyl sites for hydroxylation is 3. The Balaban J connectivity index is 0.000000235. The first-order chi connectivity index (χ1) is 50.2. The molecule has 0 aromatic heterocycles. The number of phenolic OH excluding ortho intramolecular Hbond substituents is 3. The van der Waals surface area contributed by atoms with Crippen molar-refractivity contribution >= 4 is 44.1 Å². The molecule has 23 heteroatoms. The first kappa shape index (κ1) is 92.4. The number of allylic oxidation sites excluding steroid dienone is 2. The van der Waals surface area contributed by atoms with E-state index in [1.165, 1.54) is 61.2 Å². The number of nitrogens with zero attached hydrogens (tertiary/aromatic N) is 6. The minimum Gasteiger partial charge on any atom is -0.662 e. The summed E-state index contributed by atoms with van der Waals surface area (Å²) in [5, 5.41) is 38.8. The van der Waals surface area contributed by atoms with E-state index in [9.17, 15) is 46.5 Å². The number of carbonyl (C=O) groups is 3. The van der Waals surface area contributed by atoms with Gasteiger partial charge >= 0.3 is 45.2 Å². The smallest absolute Gasteiger partial charge is 0.662 e. The Bertz CT molecular complexity index is 4290. The second kappa shape index (κ2) is 41.3. The maximum atomic E-state index is 13.0. The number of hydrogen-bond donors (Lipinski definition) is 3. The van der Waals surface area contributed by atoms with Crippen LogP contribution in [0.3, 0.4) is 0 Å². The van der Waals surface area contributed by atoms with E-state index in [4.69, 9.17) is 14.2 Å². The van der Waals surface area contributed by atoms with E-state index >= 15 is 0 Å². The van der Waals surface area contributed by atoms with Crippen LogP contribution in [0.5, 0.6) is 23.0 Å². The summed E-state index contributed by atoms with van der Waals surface area (Å²) >= 11 is 3.46. The second-order valence-corrected chi connectivity index (χ2v) is 32.3. The zero-order valence-corrected chi connectivity index (χ0v) is 72.0. The molecule has 0 amide bonds. The van der Waals surface area contributed by atoms with Gasteiger partial charge in [-0.2, -0.15) is 21.6 Å². The van der Waals surface area contributed by atoms with Gasteiger partial charge in [-0.25, -0.2) is 0 Å². The fourth-order valence-corrected chi connectivity index (χ4v) is 16.2. The molecule has 6 aromatic carbocycles. The second-order valence-electron chi connectivity index (χ2n) is 30.0. The molecule has 108 heavy (non-hydrogen) atoms. The maximum absolute atomic E-state index is 13.0. The number of alkyl halides is 3. The Hall–Kier alpha value is -6.25. The average Bonchev–Trinajstić information content (AvgIpc) is 0.756. The summed E-state index contributed by atoms with van der Waals surface area (Å²) in [6, 6.07) is 17.5. The number of phenols is 3. The first-order valence-electron chi connectivity index (χ1n) is 36.8. The monoisotopic (exact) mass is 1590 g/mol. The number of aromatic hydroxyl groups is 3. The van der Waals surface area contributed by atoms with Crippen molar-refractivity contribution in [2.75, 3.05) is 94.6 Å². The fourth-order valence-electron chi connectivity index (χ4n) is 15.2. The molecule has 6 aromatic rings. The predicted molar refractivity (Wildman–Crippen MR) is 424 cm³/mol. The van der Waals surface area contributed by atoms with Gasteiger partial charge in [0.15, 0.2) is 11.5 Å². The molecule has 6 heterocycles. The molecule has 7 aliphatic rings. The maximum Gasteiger partial charge on any atom is 1.00 e. The molecule has 2 unspecified atom stereocenters. The van der Waals surface area contributed by atoms with E-state index in [2.05, 4.69) is 151 Å². The number of halogens is 4. The van der Waals surface area contributed by atoms with Crippen LogP contribution in [-0.2, 0) is 81.3 Å². The van der Waals surface area contributed by atoms with Gasteiger partial charge in [0.2, 0.25) is 0 Å². The van der Waals surface area contributed by atoms with Gasteiger partial charge in [-0.1, -0.05) is 78.2 Å². The number of rotatable bonds is 5. The van der Waals surface area contributed by atoms with Gasteiger partial charge < -0.3 is 59.0 Å². The minimum absolute atomic E-state index is 0. The molecular formula is C85H115BrF3N6NaO11S. The molecule has 586 valence electrons. The van der Waals surface area contributed by atoms with Crippen LogP contribution in [0.25, 0.3) is 22.3 Å². The Morgan fingerprint density at radius 3 is 1.36 bits per heavy atom. The zero-order chi connectivity index (χ0) is 79.9. The Kier molecular flexibility index (Phi) is 35.3. The van der Waals surface area contributed by atoms with Gasteiger partial charge in [0.25, 0.3) is 6.47 Å². The average molecular weight is 1590 g/mol. The molecule has 6 aliphatic heterocycles. The fraction of sp³-hybridized carbons (Fsp3) is 0.494. The van der Waals surface area contributed by atoms with Crippen LogP contribution < -0.4 is 39.0 Å².